The lowest BCUT2D eigenvalue weighted by Gasteiger charge is -2.33. The van der Waals surface area contributed by atoms with Crippen molar-refractivity contribution in [3.05, 3.63) is 29.3 Å². The van der Waals surface area contributed by atoms with E-state index in [9.17, 15) is 0 Å². The fourth-order valence-corrected chi connectivity index (χ4v) is 3.38. The fraction of sp³-hybridized carbons (Fsp3) is 0.667. The van der Waals surface area contributed by atoms with Crippen molar-refractivity contribution >= 4 is 29.9 Å². The van der Waals surface area contributed by atoms with Crippen LogP contribution in [-0.2, 0) is 11.3 Å². The van der Waals surface area contributed by atoms with E-state index in [0.717, 1.165) is 30.4 Å². The Morgan fingerprint density at radius 2 is 2.07 bits per heavy atom. The summed E-state index contributed by atoms with van der Waals surface area (Å²) < 4.78 is 10.9. The summed E-state index contributed by atoms with van der Waals surface area (Å²) in [7, 11) is 3.49. The minimum absolute atomic E-state index is 0. The molecule has 28 heavy (non-hydrogen) atoms. The van der Waals surface area contributed by atoms with Gasteiger partial charge in [0, 0.05) is 45.4 Å². The summed E-state index contributed by atoms with van der Waals surface area (Å²) in [5.74, 6) is 1.72. The van der Waals surface area contributed by atoms with Crippen LogP contribution in [0.5, 0.6) is 5.75 Å². The summed E-state index contributed by atoms with van der Waals surface area (Å²) in [4.78, 5) is 6.90. The Hall–Kier alpha value is -1.06. The second kappa shape index (κ2) is 14.0. The predicted molar refractivity (Wildman–Crippen MR) is 127 cm³/mol. The molecule has 1 fully saturated rings. The molecule has 160 valence electrons. The molecular formula is C21H37IN4O2. The molecule has 2 N–H and O–H groups in total. The first-order valence-electron chi connectivity index (χ1n) is 10.0. The number of hydrogen-bond acceptors (Lipinski definition) is 4. The molecule has 1 heterocycles. The molecule has 0 amide bonds. The zero-order chi connectivity index (χ0) is 19.5. The van der Waals surface area contributed by atoms with Crippen molar-refractivity contribution in [1.82, 2.24) is 15.5 Å². The normalized spacial score (nSPS) is 17.7. The van der Waals surface area contributed by atoms with E-state index in [4.69, 9.17) is 9.47 Å². The minimum Gasteiger partial charge on any atom is -0.491 e. The number of rotatable bonds is 9. The van der Waals surface area contributed by atoms with Crippen molar-refractivity contribution in [2.75, 3.05) is 47.0 Å². The van der Waals surface area contributed by atoms with Gasteiger partial charge in [-0.1, -0.05) is 18.6 Å². The average Bonchev–Trinajstić information content (AvgIpc) is 2.67. The van der Waals surface area contributed by atoms with Crippen LogP contribution in [0, 0.1) is 6.92 Å². The number of benzene rings is 1. The lowest BCUT2D eigenvalue weighted by atomic mass is 10.0. The molecule has 0 spiro atoms. The number of piperidine rings is 1. The Balaban J connectivity index is 0.00000392. The molecule has 0 saturated carbocycles. The van der Waals surface area contributed by atoms with Crippen LogP contribution in [0.15, 0.2) is 23.2 Å². The van der Waals surface area contributed by atoms with E-state index in [1.54, 1.807) is 7.11 Å². The molecule has 2 rings (SSSR count). The molecule has 6 nitrogen and oxygen atoms in total. The highest BCUT2D eigenvalue weighted by Crippen LogP contribution is 2.20. The standard InChI is InChI=1S/C21H36N4O2.HI/c1-17-8-9-19(20(15-17)27-14-13-26-4)16-24-21(22-3)23-10-12-25-11-6-5-7-18(25)2;/h8-9,15,18H,5-7,10-14,16H2,1-4H3,(H2,22,23,24);1H. The van der Waals surface area contributed by atoms with Crippen molar-refractivity contribution in [2.24, 2.45) is 4.99 Å². The molecule has 1 aliphatic heterocycles. The highest BCUT2D eigenvalue weighted by atomic mass is 127. The second-order valence-electron chi connectivity index (χ2n) is 7.19. The third-order valence-corrected chi connectivity index (χ3v) is 5.07. The van der Waals surface area contributed by atoms with Gasteiger partial charge >= 0.3 is 0 Å². The monoisotopic (exact) mass is 504 g/mol. The molecule has 1 atom stereocenters. The van der Waals surface area contributed by atoms with Gasteiger partial charge in [0.25, 0.3) is 0 Å². The van der Waals surface area contributed by atoms with Crippen LogP contribution in [0.2, 0.25) is 0 Å². The summed E-state index contributed by atoms with van der Waals surface area (Å²) in [6.45, 7) is 9.36. The molecule has 1 saturated heterocycles. The topological polar surface area (TPSA) is 58.1 Å². The number of likely N-dealkylation sites (tertiary alicyclic amines) is 1. The van der Waals surface area contributed by atoms with E-state index in [2.05, 4.69) is 52.6 Å². The van der Waals surface area contributed by atoms with Crippen LogP contribution in [0.25, 0.3) is 0 Å². The van der Waals surface area contributed by atoms with Gasteiger partial charge in [-0.25, -0.2) is 0 Å². The smallest absolute Gasteiger partial charge is 0.191 e. The maximum absolute atomic E-state index is 5.86. The van der Waals surface area contributed by atoms with Crippen molar-refractivity contribution < 1.29 is 9.47 Å². The van der Waals surface area contributed by atoms with Gasteiger partial charge < -0.3 is 20.1 Å². The lowest BCUT2D eigenvalue weighted by Crippen LogP contribution is -2.45. The van der Waals surface area contributed by atoms with Crippen LogP contribution < -0.4 is 15.4 Å². The second-order valence-corrected chi connectivity index (χ2v) is 7.19. The van der Waals surface area contributed by atoms with E-state index in [0.29, 0.717) is 25.8 Å². The van der Waals surface area contributed by atoms with Crippen molar-refractivity contribution in [3.8, 4) is 5.75 Å². The maximum atomic E-state index is 5.86. The number of halogens is 1. The van der Waals surface area contributed by atoms with Crippen molar-refractivity contribution in [2.45, 2.75) is 45.7 Å². The Labute approximate surface area is 187 Å². The minimum atomic E-state index is 0. The third kappa shape index (κ3) is 8.53. The van der Waals surface area contributed by atoms with E-state index in [1.165, 1.54) is 31.4 Å². The Kier molecular flexibility index (Phi) is 12.5. The van der Waals surface area contributed by atoms with Gasteiger partial charge in [-0.3, -0.25) is 9.89 Å². The van der Waals surface area contributed by atoms with Gasteiger partial charge in [0.05, 0.1) is 6.61 Å². The Morgan fingerprint density at radius 3 is 2.79 bits per heavy atom. The van der Waals surface area contributed by atoms with Crippen LogP contribution in [-0.4, -0.2) is 63.9 Å². The number of guanidine groups is 1. The number of ether oxygens (including phenoxy) is 2. The van der Waals surface area contributed by atoms with Crippen LogP contribution in [0.1, 0.15) is 37.3 Å². The first-order chi connectivity index (χ1) is 13.1. The average molecular weight is 504 g/mol. The summed E-state index contributed by atoms with van der Waals surface area (Å²) in [5.41, 5.74) is 2.30. The summed E-state index contributed by atoms with van der Waals surface area (Å²) >= 11 is 0. The quantitative estimate of drug-likeness (QED) is 0.234. The van der Waals surface area contributed by atoms with Crippen molar-refractivity contribution in [3.63, 3.8) is 0 Å². The van der Waals surface area contributed by atoms with E-state index in [1.807, 2.05) is 7.05 Å². The fourth-order valence-electron chi connectivity index (χ4n) is 3.38. The zero-order valence-corrected chi connectivity index (χ0v) is 20.1. The van der Waals surface area contributed by atoms with Crippen LogP contribution >= 0.6 is 24.0 Å². The first-order valence-corrected chi connectivity index (χ1v) is 10.0. The van der Waals surface area contributed by atoms with Gasteiger partial charge in [-0.15, -0.1) is 24.0 Å². The Bertz CT molecular complexity index is 598. The number of nitrogens with one attached hydrogen (secondary N) is 2. The highest BCUT2D eigenvalue weighted by molar-refractivity contribution is 14.0. The van der Waals surface area contributed by atoms with Crippen LogP contribution in [0.3, 0.4) is 0 Å². The number of aryl methyl sites for hydroxylation is 1. The largest absolute Gasteiger partial charge is 0.491 e. The van der Waals surface area contributed by atoms with Gasteiger partial charge in [-0.2, -0.15) is 0 Å². The number of methoxy groups -OCH3 is 1. The highest BCUT2D eigenvalue weighted by Gasteiger charge is 2.17. The predicted octanol–water partition coefficient (Wildman–Crippen LogP) is 3.18. The van der Waals surface area contributed by atoms with E-state index in [-0.39, 0.29) is 24.0 Å². The molecule has 1 unspecified atom stereocenters. The van der Waals surface area contributed by atoms with E-state index < -0.39 is 0 Å². The molecule has 1 aliphatic rings. The van der Waals surface area contributed by atoms with Crippen molar-refractivity contribution in [1.29, 1.82) is 0 Å². The first kappa shape index (κ1) is 25.0. The SMILES string of the molecule is CN=C(NCCN1CCCCC1C)NCc1ccc(C)cc1OCCOC.I. The molecule has 7 heteroatoms. The number of aliphatic imine (C=N–C) groups is 1. The molecule has 1 aromatic carbocycles. The number of nitrogens with zero attached hydrogens (tertiary/aromatic N) is 2. The Morgan fingerprint density at radius 1 is 1.25 bits per heavy atom. The summed E-state index contributed by atoms with van der Waals surface area (Å²) in [6, 6.07) is 6.97. The molecule has 0 radical (unpaired) electrons. The molecule has 0 aliphatic carbocycles. The zero-order valence-electron chi connectivity index (χ0n) is 17.8. The number of hydrogen-bond donors (Lipinski definition) is 2. The molecule has 0 bridgehead atoms. The van der Waals surface area contributed by atoms with Gasteiger partial charge in [0.15, 0.2) is 5.96 Å². The summed E-state index contributed by atoms with van der Waals surface area (Å²) in [5, 5.41) is 6.82. The van der Waals surface area contributed by atoms with E-state index >= 15 is 0 Å². The van der Waals surface area contributed by atoms with Gasteiger partial charge in [0.2, 0.25) is 0 Å². The maximum Gasteiger partial charge on any atom is 0.191 e. The molecule has 0 aromatic heterocycles. The lowest BCUT2D eigenvalue weighted by molar-refractivity contribution is 0.145. The van der Waals surface area contributed by atoms with Crippen LogP contribution in [0.4, 0.5) is 0 Å². The molecule has 1 aromatic rings. The van der Waals surface area contributed by atoms with Gasteiger partial charge in [-0.05, 0) is 44.9 Å². The summed E-state index contributed by atoms with van der Waals surface area (Å²) in [6.07, 6.45) is 3.99. The third-order valence-electron chi connectivity index (χ3n) is 5.07. The van der Waals surface area contributed by atoms with Gasteiger partial charge in [0.1, 0.15) is 12.4 Å². The molecular weight excluding hydrogens is 467 g/mol.